The van der Waals surface area contributed by atoms with Crippen LogP contribution in [0, 0.1) is 0 Å². The predicted octanol–water partition coefficient (Wildman–Crippen LogP) is 0.408. The molecule has 0 bridgehead atoms. The summed E-state index contributed by atoms with van der Waals surface area (Å²) in [6.07, 6.45) is 1.51. The van der Waals surface area contributed by atoms with Gasteiger partial charge in [0.15, 0.2) is 0 Å². The van der Waals surface area contributed by atoms with Crippen molar-refractivity contribution in [2.24, 2.45) is 0 Å². The number of ether oxygens (including phenoxy) is 1. The van der Waals surface area contributed by atoms with Gasteiger partial charge in [-0.1, -0.05) is 22.0 Å². The first-order valence-corrected chi connectivity index (χ1v) is 9.11. The minimum Gasteiger partial charge on any atom is -0.491 e. The van der Waals surface area contributed by atoms with Crippen LogP contribution in [0.5, 0.6) is 5.75 Å². The molecule has 1 aliphatic heterocycles. The molecule has 2 heterocycles. The van der Waals surface area contributed by atoms with E-state index in [0.717, 1.165) is 48.8 Å². The van der Waals surface area contributed by atoms with E-state index in [9.17, 15) is 5.11 Å². The van der Waals surface area contributed by atoms with Crippen molar-refractivity contribution in [1.82, 2.24) is 0 Å². The molecule has 5 nitrogen and oxygen atoms in total. The van der Waals surface area contributed by atoms with E-state index < -0.39 is 6.10 Å². The summed E-state index contributed by atoms with van der Waals surface area (Å²) >= 11 is 3.40. The smallest absolute Gasteiger partial charge is 0.274 e. The Morgan fingerprint density at radius 2 is 1.92 bits per heavy atom. The van der Waals surface area contributed by atoms with Gasteiger partial charge >= 0.3 is 0 Å². The number of pyridine rings is 1. The molecule has 0 radical (unpaired) electrons. The number of aromatic nitrogens is 1. The normalized spacial score (nSPS) is 16.8. The number of benzene rings is 1. The third-order valence-electron chi connectivity index (χ3n) is 4.28. The Balaban J connectivity index is 1.40. The summed E-state index contributed by atoms with van der Waals surface area (Å²) in [4.78, 5) is 7.06. The van der Waals surface area contributed by atoms with Crippen LogP contribution in [0.1, 0.15) is 0 Å². The Morgan fingerprint density at radius 3 is 2.58 bits per heavy atom. The quantitative estimate of drug-likeness (QED) is 0.747. The summed E-state index contributed by atoms with van der Waals surface area (Å²) in [5, 5.41) is 10.2. The molecule has 2 aromatic rings. The van der Waals surface area contributed by atoms with Gasteiger partial charge in [-0.05, 0) is 30.3 Å². The molecular weight excluding hydrogens is 370 g/mol. The minimum absolute atomic E-state index is 0.335. The molecular formula is C18H24BrN3O2+2. The van der Waals surface area contributed by atoms with Crippen molar-refractivity contribution in [3.05, 3.63) is 53.1 Å². The molecule has 1 aromatic carbocycles. The van der Waals surface area contributed by atoms with Crippen LogP contribution in [0.3, 0.4) is 0 Å². The van der Waals surface area contributed by atoms with E-state index in [-0.39, 0.29) is 0 Å². The topological polar surface area (TPSA) is 51.3 Å². The fraction of sp³-hybridized carbons (Fsp3) is 0.389. The van der Waals surface area contributed by atoms with E-state index in [2.05, 4.69) is 31.9 Å². The van der Waals surface area contributed by atoms with Gasteiger partial charge in [-0.15, -0.1) is 0 Å². The van der Waals surface area contributed by atoms with E-state index in [4.69, 9.17) is 4.74 Å². The Labute approximate surface area is 151 Å². The largest absolute Gasteiger partial charge is 0.491 e. The Kier molecular flexibility index (Phi) is 6.07. The summed E-state index contributed by atoms with van der Waals surface area (Å²) < 4.78 is 6.68. The zero-order valence-electron chi connectivity index (χ0n) is 13.6. The van der Waals surface area contributed by atoms with Gasteiger partial charge in [-0.3, -0.25) is 4.90 Å². The molecule has 0 aliphatic carbocycles. The molecule has 24 heavy (non-hydrogen) atoms. The lowest BCUT2D eigenvalue weighted by molar-refractivity contribution is -0.903. The summed E-state index contributed by atoms with van der Waals surface area (Å²) in [6.45, 7) is 5.10. The second-order valence-corrected chi connectivity index (χ2v) is 7.02. The molecule has 1 aromatic heterocycles. The van der Waals surface area contributed by atoms with Crippen LogP contribution >= 0.6 is 15.9 Å². The lowest BCUT2D eigenvalue weighted by Crippen LogP contribution is -3.16. The fourth-order valence-corrected chi connectivity index (χ4v) is 3.23. The monoisotopic (exact) mass is 393 g/mol. The number of aliphatic hydroxyl groups excluding tert-OH is 1. The van der Waals surface area contributed by atoms with Gasteiger partial charge in [0.25, 0.3) is 5.82 Å². The van der Waals surface area contributed by atoms with Crippen molar-refractivity contribution in [3.8, 4) is 5.75 Å². The Morgan fingerprint density at radius 1 is 1.17 bits per heavy atom. The number of nitrogens with one attached hydrogen (secondary N) is 2. The molecule has 3 N–H and O–H groups in total. The highest BCUT2D eigenvalue weighted by Crippen LogP contribution is 2.16. The van der Waals surface area contributed by atoms with Gasteiger partial charge in [0, 0.05) is 10.5 Å². The molecule has 1 fully saturated rings. The first-order chi connectivity index (χ1) is 11.7. The molecule has 128 valence electrons. The SMILES string of the molecule is O[C@H](COc1ccc(Br)cc1)C[NH+]1CCN(c2cccc[nH+]2)CC1. The molecule has 0 spiro atoms. The average Bonchev–Trinajstić information content (AvgIpc) is 2.63. The number of anilines is 1. The molecule has 1 aliphatic rings. The zero-order chi connectivity index (χ0) is 16.8. The number of rotatable bonds is 6. The number of aromatic amines is 1. The fourth-order valence-electron chi connectivity index (χ4n) is 2.96. The average molecular weight is 394 g/mol. The second kappa shape index (κ2) is 8.46. The number of aliphatic hydroxyl groups is 1. The number of nitrogens with zero attached hydrogens (tertiary/aromatic N) is 1. The first kappa shape index (κ1) is 17.2. The lowest BCUT2D eigenvalue weighted by atomic mass is 10.2. The van der Waals surface area contributed by atoms with Crippen LogP contribution in [0.2, 0.25) is 0 Å². The number of piperazine rings is 1. The zero-order valence-corrected chi connectivity index (χ0v) is 15.2. The van der Waals surface area contributed by atoms with Crippen molar-refractivity contribution in [3.63, 3.8) is 0 Å². The third kappa shape index (κ3) is 4.93. The Hall–Kier alpha value is -1.63. The van der Waals surface area contributed by atoms with Gasteiger partial charge in [-0.2, -0.15) is 0 Å². The molecule has 0 amide bonds. The van der Waals surface area contributed by atoms with Crippen LogP contribution in [0.15, 0.2) is 53.1 Å². The van der Waals surface area contributed by atoms with Crippen molar-refractivity contribution in [2.75, 3.05) is 44.2 Å². The van der Waals surface area contributed by atoms with Crippen molar-refractivity contribution >= 4 is 21.7 Å². The van der Waals surface area contributed by atoms with Crippen molar-refractivity contribution in [1.29, 1.82) is 0 Å². The molecule has 0 unspecified atom stereocenters. The van der Waals surface area contributed by atoms with Crippen LogP contribution in [0.4, 0.5) is 5.82 Å². The highest BCUT2D eigenvalue weighted by molar-refractivity contribution is 9.10. The van der Waals surface area contributed by atoms with E-state index in [1.54, 1.807) is 0 Å². The number of hydrogen-bond donors (Lipinski definition) is 2. The standard InChI is InChI=1S/C18H22BrN3O2/c19-15-4-6-17(7-5-15)24-14-16(23)13-21-9-11-22(12-10-21)18-3-1-2-8-20-18/h1-8,16,23H,9-14H2/p+2/t16-/m0/s1. The second-order valence-electron chi connectivity index (χ2n) is 6.11. The van der Waals surface area contributed by atoms with Crippen LogP contribution in [-0.2, 0) is 0 Å². The molecule has 6 heteroatoms. The highest BCUT2D eigenvalue weighted by atomic mass is 79.9. The Bertz CT molecular complexity index is 616. The molecule has 0 saturated carbocycles. The van der Waals surface area contributed by atoms with Gasteiger partial charge in [0.1, 0.15) is 51.2 Å². The van der Waals surface area contributed by atoms with E-state index in [1.165, 1.54) is 4.90 Å². The summed E-state index contributed by atoms with van der Waals surface area (Å²) in [5.74, 6) is 1.95. The number of halogens is 1. The maximum Gasteiger partial charge on any atom is 0.274 e. The van der Waals surface area contributed by atoms with E-state index >= 15 is 0 Å². The van der Waals surface area contributed by atoms with Gasteiger partial charge < -0.3 is 14.7 Å². The summed E-state index contributed by atoms with van der Waals surface area (Å²) in [7, 11) is 0. The molecule has 3 rings (SSSR count). The highest BCUT2D eigenvalue weighted by Gasteiger charge is 2.27. The van der Waals surface area contributed by atoms with Crippen LogP contribution in [0.25, 0.3) is 0 Å². The van der Waals surface area contributed by atoms with E-state index in [0.29, 0.717) is 6.61 Å². The van der Waals surface area contributed by atoms with Gasteiger partial charge in [0.2, 0.25) is 0 Å². The number of quaternary nitrogens is 1. The molecule has 1 atom stereocenters. The van der Waals surface area contributed by atoms with Crippen LogP contribution in [-0.4, -0.2) is 50.5 Å². The van der Waals surface area contributed by atoms with Crippen LogP contribution < -0.4 is 19.5 Å². The van der Waals surface area contributed by atoms with Gasteiger partial charge in [0.05, 0.1) is 6.20 Å². The lowest BCUT2D eigenvalue weighted by Gasteiger charge is -2.29. The minimum atomic E-state index is -0.446. The maximum atomic E-state index is 10.2. The first-order valence-electron chi connectivity index (χ1n) is 8.32. The summed E-state index contributed by atoms with van der Waals surface area (Å²) in [5.41, 5.74) is 0. The predicted molar refractivity (Wildman–Crippen MR) is 96.4 cm³/mol. The van der Waals surface area contributed by atoms with Crippen molar-refractivity contribution < 1.29 is 19.7 Å². The van der Waals surface area contributed by atoms with Crippen molar-refractivity contribution in [2.45, 2.75) is 6.10 Å². The third-order valence-corrected chi connectivity index (χ3v) is 4.81. The number of hydrogen-bond acceptors (Lipinski definition) is 3. The van der Waals surface area contributed by atoms with Gasteiger partial charge in [-0.25, -0.2) is 4.98 Å². The summed E-state index contributed by atoms with van der Waals surface area (Å²) in [6, 6.07) is 13.8. The number of H-pyrrole nitrogens is 1. The molecule has 1 saturated heterocycles. The maximum absolute atomic E-state index is 10.2. The van der Waals surface area contributed by atoms with E-state index in [1.807, 2.05) is 42.6 Å².